The van der Waals surface area contributed by atoms with Gasteiger partial charge in [0.1, 0.15) is 4.90 Å². The van der Waals surface area contributed by atoms with Crippen LogP contribution in [0.25, 0.3) is 10.9 Å². The summed E-state index contributed by atoms with van der Waals surface area (Å²) >= 11 is 0. The number of fused-ring (bicyclic) bond motifs is 1. The standard InChI is InChI=1S/C12H13NO4S/c14-8-2-3-9-5-6-11(18(15,16)17)10-4-1-7-13-12(9)10/h1,4-7,14H,2-3,8H2,(H,15,16,17). The molecule has 1 aromatic heterocycles. The van der Waals surface area contributed by atoms with Gasteiger partial charge in [0, 0.05) is 18.2 Å². The van der Waals surface area contributed by atoms with Gasteiger partial charge in [-0.3, -0.25) is 9.54 Å². The van der Waals surface area contributed by atoms with Crippen LogP contribution in [0.1, 0.15) is 12.0 Å². The molecule has 2 aromatic rings. The van der Waals surface area contributed by atoms with Crippen LogP contribution in [0.15, 0.2) is 35.4 Å². The van der Waals surface area contributed by atoms with E-state index in [-0.39, 0.29) is 11.5 Å². The van der Waals surface area contributed by atoms with Gasteiger partial charge in [-0.2, -0.15) is 8.42 Å². The van der Waals surface area contributed by atoms with Crippen molar-refractivity contribution in [2.45, 2.75) is 17.7 Å². The van der Waals surface area contributed by atoms with Crippen LogP contribution in [0.2, 0.25) is 0 Å². The minimum Gasteiger partial charge on any atom is -0.396 e. The summed E-state index contributed by atoms with van der Waals surface area (Å²) in [4.78, 5) is 4.01. The number of aliphatic hydroxyl groups is 1. The summed E-state index contributed by atoms with van der Waals surface area (Å²) in [6.45, 7) is 0.0639. The number of nitrogens with zero attached hydrogens (tertiary/aromatic N) is 1. The molecule has 0 atom stereocenters. The Morgan fingerprint density at radius 3 is 2.67 bits per heavy atom. The number of rotatable bonds is 4. The predicted octanol–water partition coefficient (Wildman–Crippen LogP) is 1.41. The quantitative estimate of drug-likeness (QED) is 0.818. The third-order valence-electron chi connectivity index (χ3n) is 2.70. The summed E-state index contributed by atoms with van der Waals surface area (Å²) in [7, 11) is -4.26. The zero-order chi connectivity index (χ0) is 13.2. The van der Waals surface area contributed by atoms with Crippen molar-refractivity contribution in [2.24, 2.45) is 0 Å². The van der Waals surface area contributed by atoms with Crippen molar-refractivity contribution in [1.29, 1.82) is 0 Å². The lowest BCUT2D eigenvalue weighted by atomic mass is 10.1. The van der Waals surface area contributed by atoms with Crippen LogP contribution in [0.4, 0.5) is 0 Å². The van der Waals surface area contributed by atoms with E-state index in [4.69, 9.17) is 9.66 Å². The molecule has 0 aliphatic heterocycles. The average molecular weight is 267 g/mol. The van der Waals surface area contributed by atoms with E-state index in [0.717, 1.165) is 5.56 Å². The van der Waals surface area contributed by atoms with Crippen LogP contribution in [0.3, 0.4) is 0 Å². The zero-order valence-corrected chi connectivity index (χ0v) is 10.4. The number of hydrogen-bond donors (Lipinski definition) is 2. The molecular weight excluding hydrogens is 254 g/mol. The third kappa shape index (κ3) is 2.50. The largest absolute Gasteiger partial charge is 0.396 e. The summed E-state index contributed by atoms with van der Waals surface area (Å²) in [5.41, 5.74) is 1.40. The number of aryl methyl sites for hydroxylation is 1. The van der Waals surface area contributed by atoms with Crippen molar-refractivity contribution in [1.82, 2.24) is 4.98 Å². The normalized spacial score (nSPS) is 11.9. The van der Waals surface area contributed by atoms with E-state index in [1.165, 1.54) is 6.07 Å². The van der Waals surface area contributed by atoms with Crippen LogP contribution < -0.4 is 0 Å². The molecule has 0 aliphatic carbocycles. The second kappa shape index (κ2) is 5.01. The first-order valence-corrected chi connectivity index (χ1v) is 6.93. The summed E-state index contributed by atoms with van der Waals surface area (Å²) in [6, 6.07) is 6.21. The number of aliphatic hydroxyl groups excluding tert-OH is 1. The maximum absolute atomic E-state index is 11.3. The molecule has 2 rings (SSSR count). The molecule has 1 heterocycles. The molecule has 96 valence electrons. The van der Waals surface area contributed by atoms with Crippen molar-refractivity contribution in [3.63, 3.8) is 0 Å². The first kappa shape index (κ1) is 12.9. The van der Waals surface area contributed by atoms with E-state index < -0.39 is 10.1 Å². The smallest absolute Gasteiger partial charge is 0.295 e. The number of benzene rings is 1. The average Bonchev–Trinajstić information content (AvgIpc) is 2.34. The molecule has 0 aliphatic rings. The van der Waals surface area contributed by atoms with E-state index in [2.05, 4.69) is 4.98 Å². The molecule has 1 aromatic carbocycles. The molecule has 5 nitrogen and oxygen atoms in total. The van der Waals surface area contributed by atoms with Crippen LogP contribution in [0, 0.1) is 0 Å². The summed E-state index contributed by atoms with van der Waals surface area (Å²) < 4.78 is 31.7. The molecule has 6 heteroatoms. The monoisotopic (exact) mass is 267 g/mol. The molecule has 0 spiro atoms. The Hall–Kier alpha value is -1.50. The Morgan fingerprint density at radius 2 is 2.00 bits per heavy atom. The summed E-state index contributed by atoms with van der Waals surface area (Å²) in [5.74, 6) is 0. The number of pyridine rings is 1. The van der Waals surface area contributed by atoms with Crippen molar-refractivity contribution in [2.75, 3.05) is 6.61 Å². The van der Waals surface area contributed by atoms with Crippen molar-refractivity contribution < 1.29 is 18.1 Å². The maximum Gasteiger partial charge on any atom is 0.295 e. The Bertz CT molecular complexity index is 667. The summed E-state index contributed by atoms with van der Waals surface area (Å²) in [5, 5.41) is 9.23. The molecule has 2 N–H and O–H groups in total. The third-order valence-corrected chi connectivity index (χ3v) is 3.61. The van der Waals surface area contributed by atoms with Crippen LogP contribution in [0.5, 0.6) is 0 Å². The predicted molar refractivity (Wildman–Crippen MR) is 67.0 cm³/mol. The Balaban J connectivity index is 2.66. The summed E-state index contributed by atoms with van der Waals surface area (Å²) in [6.07, 6.45) is 2.76. The van der Waals surface area contributed by atoms with Gasteiger partial charge in [0.25, 0.3) is 10.1 Å². The van der Waals surface area contributed by atoms with Gasteiger partial charge in [-0.1, -0.05) is 6.07 Å². The van der Waals surface area contributed by atoms with Crippen molar-refractivity contribution in [3.05, 3.63) is 36.0 Å². The molecular formula is C12H13NO4S. The number of hydrogen-bond acceptors (Lipinski definition) is 4. The van der Waals surface area contributed by atoms with Crippen LogP contribution in [-0.2, 0) is 16.5 Å². The first-order chi connectivity index (χ1) is 8.54. The minimum atomic E-state index is -4.26. The maximum atomic E-state index is 11.3. The van der Waals surface area contributed by atoms with E-state index in [1.54, 1.807) is 24.4 Å². The van der Waals surface area contributed by atoms with Crippen molar-refractivity contribution in [3.8, 4) is 0 Å². The van der Waals surface area contributed by atoms with Gasteiger partial charge in [-0.25, -0.2) is 0 Å². The fourth-order valence-electron chi connectivity index (χ4n) is 1.90. The molecule has 0 radical (unpaired) electrons. The molecule has 0 saturated carbocycles. The van der Waals surface area contributed by atoms with Gasteiger partial charge < -0.3 is 5.11 Å². The topological polar surface area (TPSA) is 87.5 Å². The molecule has 0 fully saturated rings. The fraction of sp³-hybridized carbons (Fsp3) is 0.250. The Labute approximate surface area is 105 Å². The van der Waals surface area contributed by atoms with Gasteiger partial charge in [0.2, 0.25) is 0 Å². The van der Waals surface area contributed by atoms with Gasteiger partial charge in [0.05, 0.1) is 5.52 Å². The Kier molecular flexibility index (Phi) is 3.60. The highest BCUT2D eigenvalue weighted by atomic mass is 32.2. The van der Waals surface area contributed by atoms with E-state index >= 15 is 0 Å². The Morgan fingerprint density at radius 1 is 1.22 bits per heavy atom. The molecule has 0 unspecified atom stereocenters. The SMILES string of the molecule is O=S(=O)(O)c1ccc(CCCO)c2ncccc12. The number of aromatic nitrogens is 1. The lowest BCUT2D eigenvalue weighted by molar-refractivity contribution is 0.288. The molecule has 18 heavy (non-hydrogen) atoms. The highest BCUT2D eigenvalue weighted by Crippen LogP contribution is 2.25. The van der Waals surface area contributed by atoms with Gasteiger partial charge >= 0.3 is 0 Å². The van der Waals surface area contributed by atoms with E-state index in [9.17, 15) is 8.42 Å². The first-order valence-electron chi connectivity index (χ1n) is 5.49. The molecule has 0 bridgehead atoms. The minimum absolute atomic E-state index is 0.0639. The highest BCUT2D eigenvalue weighted by molar-refractivity contribution is 7.86. The van der Waals surface area contributed by atoms with Crippen molar-refractivity contribution >= 4 is 21.0 Å². The van der Waals surface area contributed by atoms with Gasteiger partial charge in [-0.15, -0.1) is 0 Å². The molecule has 0 saturated heterocycles. The van der Waals surface area contributed by atoms with E-state index in [1.807, 2.05) is 0 Å². The fourth-order valence-corrected chi connectivity index (χ4v) is 2.58. The molecule has 0 amide bonds. The lowest BCUT2D eigenvalue weighted by Crippen LogP contribution is -2.01. The van der Waals surface area contributed by atoms with Gasteiger partial charge in [0.15, 0.2) is 0 Å². The second-order valence-electron chi connectivity index (χ2n) is 3.92. The van der Waals surface area contributed by atoms with E-state index in [0.29, 0.717) is 23.7 Å². The van der Waals surface area contributed by atoms with Gasteiger partial charge in [-0.05, 0) is 36.6 Å². The van der Waals surface area contributed by atoms with Crippen LogP contribution in [-0.4, -0.2) is 29.7 Å². The van der Waals surface area contributed by atoms with Crippen LogP contribution >= 0.6 is 0 Å². The highest BCUT2D eigenvalue weighted by Gasteiger charge is 2.15. The lowest BCUT2D eigenvalue weighted by Gasteiger charge is -2.08. The zero-order valence-electron chi connectivity index (χ0n) is 9.57. The second-order valence-corrected chi connectivity index (χ2v) is 5.31.